The largest absolute Gasteiger partial charge is 0.573 e. The lowest BCUT2D eigenvalue weighted by molar-refractivity contribution is -0.275. The summed E-state index contributed by atoms with van der Waals surface area (Å²) in [5.41, 5.74) is 0.390. The molecule has 0 bridgehead atoms. The van der Waals surface area contributed by atoms with Crippen molar-refractivity contribution in [2.45, 2.75) is 11.3 Å². The number of hydrogen-bond donors (Lipinski definition) is 1. The lowest BCUT2D eigenvalue weighted by Gasteiger charge is -2.15. The Morgan fingerprint density at radius 2 is 1.79 bits per heavy atom. The van der Waals surface area contributed by atoms with Crippen molar-refractivity contribution in [1.82, 2.24) is 15.0 Å². The molecule has 2 heterocycles. The summed E-state index contributed by atoms with van der Waals surface area (Å²) in [6, 6.07) is 5.73. The molecule has 7 nitrogen and oxygen atoms in total. The Kier molecular flexibility index (Phi) is 5.38. The van der Waals surface area contributed by atoms with Crippen molar-refractivity contribution >= 4 is 27.3 Å². The van der Waals surface area contributed by atoms with Crippen LogP contribution in [0, 0.1) is 0 Å². The van der Waals surface area contributed by atoms with E-state index in [2.05, 4.69) is 24.4 Å². The zero-order valence-corrected chi connectivity index (χ0v) is 15.3. The van der Waals surface area contributed by atoms with Gasteiger partial charge in [-0.15, -0.1) is 13.2 Å². The van der Waals surface area contributed by atoms with E-state index in [-0.39, 0.29) is 10.7 Å². The second-order valence-electron chi connectivity index (χ2n) is 5.28. The number of benzene rings is 1. The topological polar surface area (TPSA) is 94.1 Å². The number of sulfonamides is 1. The first-order valence-corrected chi connectivity index (χ1v) is 9.31. The summed E-state index contributed by atoms with van der Waals surface area (Å²) < 4.78 is 69.0. The first-order valence-electron chi connectivity index (χ1n) is 7.45. The predicted molar refractivity (Wildman–Crippen MR) is 94.2 cm³/mol. The number of hydrogen-bond acceptors (Lipinski definition) is 6. The molecule has 12 heteroatoms. The average Bonchev–Trinajstić information content (AvgIpc) is 2.63. The van der Waals surface area contributed by atoms with Gasteiger partial charge >= 0.3 is 6.36 Å². The van der Waals surface area contributed by atoms with Gasteiger partial charge in [0.15, 0.2) is 5.82 Å². The summed E-state index contributed by atoms with van der Waals surface area (Å²) >= 11 is 5.74. The molecule has 0 aliphatic rings. The molecule has 0 amide bonds. The molecule has 0 unspecified atom stereocenters. The van der Waals surface area contributed by atoms with Crippen molar-refractivity contribution in [1.29, 1.82) is 0 Å². The molecular weight excluding hydrogens is 421 g/mol. The molecule has 0 spiro atoms. The highest BCUT2D eigenvalue weighted by molar-refractivity contribution is 7.92. The van der Waals surface area contributed by atoms with E-state index in [1.165, 1.54) is 30.9 Å². The molecule has 146 valence electrons. The van der Waals surface area contributed by atoms with E-state index in [0.717, 1.165) is 18.2 Å². The number of ether oxygens (including phenoxy) is 1. The Bertz CT molecular complexity index is 1100. The molecule has 0 aliphatic carbocycles. The molecule has 0 radical (unpaired) electrons. The van der Waals surface area contributed by atoms with Crippen molar-refractivity contribution in [2.24, 2.45) is 0 Å². The minimum atomic E-state index is -5.08. The highest BCUT2D eigenvalue weighted by atomic mass is 35.5. The van der Waals surface area contributed by atoms with Crippen LogP contribution in [0.25, 0.3) is 11.4 Å². The number of nitrogens with one attached hydrogen (secondary N) is 1. The van der Waals surface area contributed by atoms with Crippen LogP contribution >= 0.6 is 11.6 Å². The van der Waals surface area contributed by atoms with Crippen LogP contribution in [0.3, 0.4) is 0 Å². The number of pyridine rings is 1. The smallest absolute Gasteiger partial charge is 0.404 e. The number of rotatable bonds is 5. The van der Waals surface area contributed by atoms with E-state index < -0.39 is 27.0 Å². The van der Waals surface area contributed by atoms with Crippen molar-refractivity contribution in [3.05, 3.63) is 60.1 Å². The van der Waals surface area contributed by atoms with E-state index in [1.807, 2.05) is 0 Å². The van der Waals surface area contributed by atoms with E-state index in [0.29, 0.717) is 11.4 Å². The summed E-state index contributed by atoms with van der Waals surface area (Å²) in [6.45, 7) is 0. The fourth-order valence-corrected chi connectivity index (χ4v) is 3.60. The van der Waals surface area contributed by atoms with Crippen LogP contribution in [-0.2, 0) is 10.0 Å². The van der Waals surface area contributed by atoms with E-state index in [4.69, 9.17) is 11.6 Å². The molecular formula is C16H10ClF3N4O3S. The number of anilines is 1. The van der Waals surface area contributed by atoms with Crippen LogP contribution in [0.2, 0.25) is 5.02 Å². The third-order valence-corrected chi connectivity index (χ3v) is 4.87. The molecule has 0 fully saturated rings. The van der Waals surface area contributed by atoms with Crippen molar-refractivity contribution < 1.29 is 26.3 Å². The molecule has 0 aliphatic heterocycles. The van der Waals surface area contributed by atoms with Gasteiger partial charge in [0.05, 0.1) is 11.9 Å². The normalized spacial score (nSPS) is 11.9. The number of halogens is 4. The number of nitrogens with zero attached hydrogens (tertiary/aromatic N) is 3. The Hall–Kier alpha value is -2.92. The van der Waals surface area contributed by atoms with Gasteiger partial charge in [-0.2, -0.15) is 0 Å². The Balaban J connectivity index is 1.96. The molecule has 1 N–H and O–H groups in total. The second kappa shape index (κ2) is 7.60. The summed E-state index contributed by atoms with van der Waals surface area (Å²) in [5.74, 6) is -0.625. The van der Waals surface area contributed by atoms with Gasteiger partial charge in [0.1, 0.15) is 10.6 Å². The summed E-state index contributed by atoms with van der Waals surface area (Å²) in [4.78, 5) is 11.2. The van der Waals surface area contributed by atoms with Crippen molar-refractivity contribution in [3.8, 4) is 17.1 Å². The first kappa shape index (κ1) is 19.8. The quantitative estimate of drug-likeness (QED) is 0.660. The zero-order valence-electron chi connectivity index (χ0n) is 13.7. The standard InChI is InChI=1S/C16H10ClF3N4O3S/c17-11-2-3-13(27-16(18,19)20)14(7-11)28(25,26)24-12-6-10(8-21-9-12)15-22-4-1-5-23-15/h1-9,24H. The fourth-order valence-electron chi connectivity index (χ4n) is 2.18. The van der Waals surface area contributed by atoms with Gasteiger partial charge < -0.3 is 4.74 Å². The first-order chi connectivity index (χ1) is 13.1. The molecule has 1 aromatic carbocycles. The average molecular weight is 431 g/mol. The summed E-state index contributed by atoms with van der Waals surface area (Å²) in [6.07, 6.45) is 0.492. The van der Waals surface area contributed by atoms with Gasteiger partial charge in [0, 0.05) is 29.2 Å². The van der Waals surface area contributed by atoms with Crippen LogP contribution in [-0.4, -0.2) is 29.7 Å². The number of alkyl halides is 3. The SMILES string of the molecule is O=S(=O)(Nc1cncc(-c2ncccn2)c1)c1cc(Cl)ccc1OC(F)(F)F. The predicted octanol–water partition coefficient (Wildman–Crippen LogP) is 3.89. The monoisotopic (exact) mass is 430 g/mol. The van der Waals surface area contributed by atoms with Crippen LogP contribution in [0.1, 0.15) is 0 Å². The van der Waals surface area contributed by atoms with Crippen LogP contribution in [0.5, 0.6) is 5.75 Å². The molecule has 28 heavy (non-hydrogen) atoms. The molecule has 0 saturated heterocycles. The minimum Gasteiger partial charge on any atom is -0.404 e. The molecule has 3 aromatic rings. The summed E-state index contributed by atoms with van der Waals surface area (Å²) in [5, 5.41) is -0.0838. The maximum Gasteiger partial charge on any atom is 0.573 e. The van der Waals surface area contributed by atoms with Gasteiger partial charge in [0.2, 0.25) is 0 Å². The highest BCUT2D eigenvalue weighted by Crippen LogP contribution is 2.33. The Morgan fingerprint density at radius 1 is 1.07 bits per heavy atom. The van der Waals surface area contributed by atoms with E-state index in [1.54, 1.807) is 6.07 Å². The lowest BCUT2D eigenvalue weighted by atomic mass is 10.2. The third kappa shape index (κ3) is 4.87. The van der Waals surface area contributed by atoms with Crippen LogP contribution < -0.4 is 9.46 Å². The van der Waals surface area contributed by atoms with Crippen molar-refractivity contribution in [2.75, 3.05) is 4.72 Å². The van der Waals surface area contributed by atoms with E-state index in [9.17, 15) is 21.6 Å². The fraction of sp³-hybridized carbons (Fsp3) is 0.0625. The molecule has 3 rings (SSSR count). The Labute approximate surface area is 162 Å². The summed E-state index contributed by atoms with van der Waals surface area (Å²) in [7, 11) is -4.48. The van der Waals surface area contributed by atoms with Gasteiger partial charge in [-0.05, 0) is 30.3 Å². The third-order valence-electron chi connectivity index (χ3n) is 3.24. The van der Waals surface area contributed by atoms with Gasteiger partial charge in [-0.3, -0.25) is 9.71 Å². The molecule has 0 atom stereocenters. The van der Waals surface area contributed by atoms with E-state index >= 15 is 0 Å². The van der Waals surface area contributed by atoms with Gasteiger partial charge in [0.25, 0.3) is 10.0 Å². The minimum absolute atomic E-state index is 0.0112. The number of aromatic nitrogens is 3. The highest BCUT2D eigenvalue weighted by Gasteiger charge is 2.34. The maximum atomic E-state index is 12.6. The molecule has 0 saturated carbocycles. The second-order valence-corrected chi connectivity index (χ2v) is 7.37. The van der Waals surface area contributed by atoms with Crippen molar-refractivity contribution in [3.63, 3.8) is 0 Å². The van der Waals surface area contributed by atoms with Crippen LogP contribution in [0.4, 0.5) is 18.9 Å². The zero-order chi connectivity index (χ0) is 20.4. The maximum absolute atomic E-state index is 12.6. The lowest BCUT2D eigenvalue weighted by Crippen LogP contribution is -2.21. The van der Waals surface area contributed by atoms with Gasteiger partial charge in [-0.25, -0.2) is 18.4 Å². The Morgan fingerprint density at radius 3 is 2.46 bits per heavy atom. The van der Waals surface area contributed by atoms with Crippen LogP contribution in [0.15, 0.2) is 60.0 Å². The van der Waals surface area contributed by atoms with Gasteiger partial charge in [-0.1, -0.05) is 11.6 Å². The molecule has 2 aromatic heterocycles.